The van der Waals surface area contributed by atoms with E-state index in [-0.39, 0.29) is 24.6 Å². The summed E-state index contributed by atoms with van der Waals surface area (Å²) in [6, 6.07) is 11.2. The van der Waals surface area contributed by atoms with Gasteiger partial charge in [0.25, 0.3) is 0 Å². The van der Waals surface area contributed by atoms with Crippen LogP contribution in [-0.4, -0.2) is 13.0 Å². The first kappa shape index (κ1) is 18.6. The van der Waals surface area contributed by atoms with Crippen molar-refractivity contribution in [2.75, 3.05) is 7.11 Å². The average Bonchev–Trinajstić information content (AvgIpc) is 2.66. The van der Waals surface area contributed by atoms with E-state index in [9.17, 15) is 14.0 Å². The van der Waals surface area contributed by atoms with Crippen LogP contribution in [0.3, 0.4) is 0 Å². The van der Waals surface area contributed by atoms with E-state index in [1.165, 1.54) is 12.1 Å². The molecule has 2 aromatic carbocycles. The lowest BCUT2D eigenvalue weighted by molar-refractivity contribution is -0.121. The quantitative estimate of drug-likeness (QED) is 0.675. The molecule has 6 heteroatoms. The molecular formula is C21H20FNO4. The standard InChI is InChI=1S/C21H20FNO4/c1-13-17-8-7-16(26-2)11-19(17)27-21(25)18(13)9-10-20(24)23-12-14-3-5-15(22)6-4-14/h3-8,11H,9-10,12H2,1-2H3,(H,23,24). The highest BCUT2D eigenvalue weighted by Gasteiger charge is 2.13. The van der Waals surface area contributed by atoms with Gasteiger partial charge in [0, 0.05) is 30.0 Å². The second kappa shape index (κ2) is 8.03. The smallest absolute Gasteiger partial charge is 0.339 e. The van der Waals surface area contributed by atoms with Gasteiger partial charge in [-0.15, -0.1) is 0 Å². The number of benzene rings is 2. The van der Waals surface area contributed by atoms with E-state index >= 15 is 0 Å². The van der Waals surface area contributed by atoms with Crippen molar-refractivity contribution in [2.45, 2.75) is 26.3 Å². The highest BCUT2D eigenvalue weighted by Crippen LogP contribution is 2.24. The van der Waals surface area contributed by atoms with Crippen LogP contribution in [0.4, 0.5) is 4.39 Å². The highest BCUT2D eigenvalue weighted by atomic mass is 19.1. The van der Waals surface area contributed by atoms with E-state index in [0.29, 0.717) is 23.4 Å². The number of amides is 1. The zero-order chi connectivity index (χ0) is 19.4. The molecule has 0 saturated heterocycles. The normalized spacial score (nSPS) is 10.8. The summed E-state index contributed by atoms with van der Waals surface area (Å²) in [5.74, 6) is 0.104. The molecule has 27 heavy (non-hydrogen) atoms. The molecule has 0 aliphatic heterocycles. The van der Waals surface area contributed by atoms with Gasteiger partial charge in [0.2, 0.25) is 5.91 Å². The number of carbonyl (C=O) groups excluding carboxylic acids is 1. The Hall–Kier alpha value is -3.15. The zero-order valence-corrected chi connectivity index (χ0v) is 15.2. The second-order valence-corrected chi connectivity index (χ2v) is 6.26. The molecule has 5 nitrogen and oxygen atoms in total. The largest absolute Gasteiger partial charge is 0.497 e. The molecular weight excluding hydrogens is 349 g/mol. The van der Waals surface area contributed by atoms with Crippen molar-refractivity contribution in [1.82, 2.24) is 5.32 Å². The van der Waals surface area contributed by atoms with Crippen molar-refractivity contribution in [3.63, 3.8) is 0 Å². The minimum Gasteiger partial charge on any atom is -0.497 e. The van der Waals surface area contributed by atoms with Crippen LogP contribution < -0.4 is 15.7 Å². The van der Waals surface area contributed by atoms with Gasteiger partial charge < -0.3 is 14.5 Å². The van der Waals surface area contributed by atoms with Gasteiger partial charge in [0.15, 0.2) is 0 Å². The van der Waals surface area contributed by atoms with Gasteiger partial charge >= 0.3 is 5.63 Å². The van der Waals surface area contributed by atoms with E-state index in [1.807, 2.05) is 13.0 Å². The SMILES string of the molecule is COc1ccc2c(C)c(CCC(=O)NCc3ccc(F)cc3)c(=O)oc2c1. The lowest BCUT2D eigenvalue weighted by Gasteiger charge is -2.09. The van der Waals surface area contributed by atoms with Crippen molar-refractivity contribution in [3.8, 4) is 5.75 Å². The maximum atomic E-state index is 12.9. The summed E-state index contributed by atoms with van der Waals surface area (Å²) < 4.78 is 23.4. The summed E-state index contributed by atoms with van der Waals surface area (Å²) in [4.78, 5) is 24.4. The molecule has 1 heterocycles. The molecule has 0 bridgehead atoms. The van der Waals surface area contributed by atoms with Crippen LogP contribution in [-0.2, 0) is 17.8 Å². The van der Waals surface area contributed by atoms with Gasteiger partial charge in [0.1, 0.15) is 17.1 Å². The molecule has 1 amide bonds. The number of hydrogen-bond donors (Lipinski definition) is 1. The topological polar surface area (TPSA) is 68.5 Å². The minimum atomic E-state index is -0.445. The first-order valence-electron chi connectivity index (χ1n) is 8.59. The summed E-state index contributed by atoms with van der Waals surface area (Å²) in [6.07, 6.45) is 0.444. The molecule has 3 rings (SSSR count). The lowest BCUT2D eigenvalue weighted by atomic mass is 10.0. The van der Waals surface area contributed by atoms with Crippen molar-refractivity contribution >= 4 is 16.9 Å². The number of ether oxygens (including phenoxy) is 1. The number of aryl methyl sites for hydroxylation is 1. The van der Waals surface area contributed by atoms with Crippen LogP contribution in [0.2, 0.25) is 0 Å². The summed E-state index contributed by atoms with van der Waals surface area (Å²) in [7, 11) is 1.55. The molecule has 0 radical (unpaired) electrons. The first-order chi connectivity index (χ1) is 13.0. The highest BCUT2D eigenvalue weighted by molar-refractivity contribution is 5.82. The van der Waals surface area contributed by atoms with Crippen molar-refractivity contribution in [2.24, 2.45) is 0 Å². The third-order valence-electron chi connectivity index (χ3n) is 4.50. The number of halogens is 1. The Kier molecular flexibility index (Phi) is 5.54. The molecule has 1 aromatic heterocycles. The monoisotopic (exact) mass is 369 g/mol. The van der Waals surface area contributed by atoms with E-state index in [2.05, 4.69) is 5.32 Å². The van der Waals surface area contributed by atoms with E-state index < -0.39 is 5.63 Å². The Morgan fingerprint density at radius 1 is 1.19 bits per heavy atom. The van der Waals surface area contributed by atoms with Crippen LogP contribution in [0.25, 0.3) is 11.0 Å². The molecule has 0 saturated carbocycles. The predicted octanol–water partition coefficient (Wildman–Crippen LogP) is 3.50. The van der Waals surface area contributed by atoms with E-state index in [4.69, 9.17) is 9.15 Å². The van der Waals surface area contributed by atoms with Crippen LogP contribution >= 0.6 is 0 Å². The molecule has 0 unspecified atom stereocenters. The molecule has 3 aromatic rings. The summed E-state index contributed by atoms with van der Waals surface area (Å²) >= 11 is 0. The Morgan fingerprint density at radius 3 is 2.63 bits per heavy atom. The lowest BCUT2D eigenvalue weighted by Crippen LogP contribution is -2.24. The van der Waals surface area contributed by atoms with Crippen LogP contribution in [0.1, 0.15) is 23.1 Å². The third kappa shape index (κ3) is 4.34. The van der Waals surface area contributed by atoms with Gasteiger partial charge in [-0.3, -0.25) is 4.79 Å². The molecule has 140 valence electrons. The first-order valence-corrected chi connectivity index (χ1v) is 8.59. The summed E-state index contributed by atoms with van der Waals surface area (Å²) in [6.45, 7) is 2.15. The molecule has 0 aliphatic rings. The van der Waals surface area contributed by atoms with E-state index in [1.54, 1.807) is 31.4 Å². The van der Waals surface area contributed by atoms with Crippen LogP contribution in [0.15, 0.2) is 51.7 Å². The minimum absolute atomic E-state index is 0.161. The number of hydrogen-bond acceptors (Lipinski definition) is 4. The third-order valence-corrected chi connectivity index (χ3v) is 4.50. The number of nitrogens with one attached hydrogen (secondary N) is 1. The Balaban J connectivity index is 1.68. The molecule has 0 aliphatic carbocycles. The Bertz CT molecular complexity index is 1020. The van der Waals surface area contributed by atoms with Gasteiger partial charge in [-0.25, -0.2) is 9.18 Å². The number of fused-ring (bicyclic) bond motifs is 1. The fraction of sp³-hybridized carbons (Fsp3) is 0.238. The van der Waals surface area contributed by atoms with Gasteiger partial charge in [-0.1, -0.05) is 12.1 Å². The maximum Gasteiger partial charge on any atom is 0.339 e. The number of methoxy groups -OCH3 is 1. The maximum absolute atomic E-state index is 12.9. The Labute approximate surface area is 155 Å². The second-order valence-electron chi connectivity index (χ2n) is 6.26. The number of rotatable bonds is 6. The summed E-state index contributed by atoms with van der Waals surface area (Å²) in [5.41, 5.74) is 2.11. The summed E-state index contributed by atoms with van der Waals surface area (Å²) in [5, 5.41) is 3.59. The van der Waals surface area contributed by atoms with Crippen molar-refractivity contribution in [3.05, 3.63) is 75.4 Å². The molecule has 0 spiro atoms. The van der Waals surface area contributed by atoms with Crippen molar-refractivity contribution in [1.29, 1.82) is 0 Å². The van der Waals surface area contributed by atoms with Crippen molar-refractivity contribution < 1.29 is 18.3 Å². The Morgan fingerprint density at radius 2 is 1.93 bits per heavy atom. The molecule has 1 N–H and O–H groups in total. The molecule has 0 fully saturated rings. The van der Waals surface area contributed by atoms with Gasteiger partial charge in [0.05, 0.1) is 7.11 Å². The fourth-order valence-corrected chi connectivity index (χ4v) is 2.92. The predicted molar refractivity (Wildman–Crippen MR) is 100 cm³/mol. The average molecular weight is 369 g/mol. The van der Waals surface area contributed by atoms with Crippen LogP contribution in [0.5, 0.6) is 5.75 Å². The fourth-order valence-electron chi connectivity index (χ4n) is 2.92. The van der Waals surface area contributed by atoms with Gasteiger partial charge in [-0.05, 0) is 48.7 Å². The van der Waals surface area contributed by atoms with E-state index in [0.717, 1.165) is 16.5 Å². The van der Waals surface area contributed by atoms with Gasteiger partial charge in [-0.2, -0.15) is 0 Å². The number of carbonyl (C=O) groups is 1. The molecule has 0 atom stereocenters. The van der Waals surface area contributed by atoms with Crippen LogP contribution in [0, 0.1) is 12.7 Å². The zero-order valence-electron chi connectivity index (χ0n) is 15.2.